The molecule has 0 atom stereocenters. The number of aliphatic carboxylic acids is 1. The molecule has 1 aliphatic rings. The van der Waals surface area contributed by atoms with Gasteiger partial charge in [0.1, 0.15) is 11.6 Å². The summed E-state index contributed by atoms with van der Waals surface area (Å²) >= 11 is 0. The number of aryl methyl sites for hydroxylation is 1. The third-order valence-electron chi connectivity index (χ3n) is 5.99. The van der Waals surface area contributed by atoms with Crippen molar-refractivity contribution in [3.05, 3.63) is 53.1 Å². The fourth-order valence-electron chi connectivity index (χ4n) is 4.31. The zero-order valence-corrected chi connectivity index (χ0v) is 20.4. The number of nitrogens with two attached hydrogens (primary N) is 1. The molecule has 0 aliphatic heterocycles. The average molecular weight is 503 g/mol. The molecule has 0 heterocycles. The molecule has 6 N–H and O–H groups in total. The van der Waals surface area contributed by atoms with E-state index in [0.29, 0.717) is 22.5 Å². The number of rotatable bonds is 9. The number of nitrogens with one attached hydrogen (secondary N) is 2. The van der Waals surface area contributed by atoms with E-state index in [1.165, 1.54) is 18.2 Å². The van der Waals surface area contributed by atoms with Gasteiger partial charge in [0, 0.05) is 35.0 Å². The minimum Gasteiger partial charge on any atom is -0.508 e. The Kier molecular flexibility index (Phi) is 9.65. The number of carbonyl (C=O) groups excluding carboxylic acids is 2. The van der Waals surface area contributed by atoms with Crippen LogP contribution in [0.3, 0.4) is 0 Å². The summed E-state index contributed by atoms with van der Waals surface area (Å²) in [6, 6.07) is 9.71. The first-order chi connectivity index (χ1) is 16.2. The second-order valence-electron chi connectivity index (χ2n) is 8.58. The number of amidine groups is 1. The number of carboxylic acids is 1. The first-order valence-corrected chi connectivity index (χ1v) is 11.3. The molecule has 1 aliphatic carbocycles. The summed E-state index contributed by atoms with van der Waals surface area (Å²) in [6.45, 7) is 1.85. The van der Waals surface area contributed by atoms with Crippen LogP contribution in [0.2, 0.25) is 0 Å². The zero-order chi connectivity index (χ0) is 24.8. The van der Waals surface area contributed by atoms with Gasteiger partial charge >= 0.3 is 5.97 Å². The molecule has 1 saturated carbocycles. The van der Waals surface area contributed by atoms with E-state index in [2.05, 4.69) is 5.32 Å². The van der Waals surface area contributed by atoms with Gasteiger partial charge < -0.3 is 26.2 Å². The van der Waals surface area contributed by atoms with Gasteiger partial charge in [0.25, 0.3) is 0 Å². The van der Waals surface area contributed by atoms with Crippen LogP contribution in [0.4, 0.5) is 11.4 Å². The number of anilines is 2. The van der Waals surface area contributed by atoms with Crippen molar-refractivity contribution in [1.82, 2.24) is 0 Å². The molecule has 9 nitrogen and oxygen atoms in total. The average Bonchev–Trinajstić information content (AvgIpc) is 3.29. The first kappa shape index (κ1) is 27.7. The summed E-state index contributed by atoms with van der Waals surface area (Å²) in [6.07, 6.45) is 3.42. The molecule has 0 saturated heterocycles. The second-order valence-corrected chi connectivity index (χ2v) is 8.58. The molecule has 1 fully saturated rings. The van der Waals surface area contributed by atoms with Gasteiger partial charge in [-0.15, -0.1) is 12.4 Å². The van der Waals surface area contributed by atoms with Crippen molar-refractivity contribution in [2.75, 3.05) is 10.2 Å². The molecule has 2 amide bonds. The summed E-state index contributed by atoms with van der Waals surface area (Å²) in [5.41, 5.74) is 8.30. The third kappa shape index (κ3) is 7.19. The first-order valence-electron chi connectivity index (χ1n) is 11.3. The fourth-order valence-corrected chi connectivity index (χ4v) is 4.31. The molecule has 0 spiro atoms. The van der Waals surface area contributed by atoms with Crippen molar-refractivity contribution in [2.45, 2.75) is 57.9 Å². The van der Waals surface area contributed by atoms with Crippen molar-refractivity contribution in [3.63, 3.8) is 0 Å². The normalized spacial score (nSPS) is 13.1. The van der Waals surface area contributed by atoms with Gasteiger partial charge in [0.15, 0.2) is 0 Å². The Balaban J connectivity index is 0.00000432. The Morgan fingerprint density at radius 1 is 1.11 bits per heavy atom. The lowest BCUT2D eigenvalue weighted by atomic mass is 10.1. The predicted molar refractivity (Wildman–Crippen MR) is 136 cm³/mol. The van der Waals surface area contributed by atoms with E-state index < -0.39 is 5.97 Å². The lowest BCUT2D eigenvalue weighted by molar-refractivity contribution is -0.138. The number of benzene rings is 2. The monoisotopic (exact) mass is 502 g/mol. The van der Waals surface area contributed by atoms with Crippen LogP contribution in [0.5, 0.6) is 5.75 Å². The highest BCUT2D eigenvalue weighted by atomic mass is 35.5. The lowest BCUT2D eigenvalue weighted by Gasteiger charge is -2.30. The van der Waals surface area contributed by atoms with Crippen LogP contribution in [-0.2, 0) is 20.8 Å². The molecule has 3 rings (SSSR count). The number of nitrogens with zero attached hydrogens (tertiary/aromatic N) is 1. The number of aromatic hydroxyl groups is 1. The second kappa shape index (κ2) is 12.2. The fraction of sp³-hybridized carbons (Fsp3) is 0.360. The number of amides is 2. The molecule has 188 valence electrons. The Hall–Kier alpha value is -3.59. The summed E-state index contributed by atoms with van der Waals surface area (Å²) in [5.74, 6) is -1.78. The molecule has 0 unspecified atom stereocenters. The van der Waals surface area contributed by atoms with E-state index in [9.17, 15) is 19.5 Å². The molecule has 35 heavy (non-hydrogen) atoms. The number of phenolic OH excluding ortho intramolecular Hbond substituents is 1. The smallest absolute Gasteiger partial charge is 0.303 e. The van der Waals surface area contributed by atoms with Gasteiger partial charge in [-0.2, -0.15) is 0 Å². The molecule has 10 heteroatoms. The summed E-state index contributed by atoms with van der Waals surface area (Å²) < 4.78 is 0. The van der Waals surface area contributed by atoms with Crippen molar-refractivity contribution in [2.24, 2.45) is 5.73 Å². The van der Waals surface area contributed by atoms with Gasteiger partial charge in [-0.05, 0) is 61.7 Å². The van der Waals surface area contributed by atoms with Crippen LogP contribution >= 0.6 is 12.4 Å². The number of carboxylic acid groups (broad SMARTS) is 1. The van der Waals surface area contributed by atoms with E-state index in [-0.39, 0.29) is 61.1 Å². The molecule has 0 radical (unpaired) electrons. The van der Waals surface area contributed by atoms with Crippen molar-refractivity contribution in [1.29, 1.82) is 5.41 Å². The lowest BCUT2D eigenvalue weighted by Crippen LogP contribution is -2.39. The predicted octanol–water partition coefficient (Wildman–Crippen LogP) is 3.73. The van der Waals surface area contributed by atoms with E-state index >= 15 is 0 Å². The maximum atomic E-state index is 12.9. The number of hydrogen-bond donors (Lipinski definition) is 5. The van der Waals surface area contributed by atoms with Gasteiger partial charge in [0.05, 0.1) is 12.8 Å². The Morgan fingerprint density at radius 2 is 1.80 bits per heavy atom. The Bertz CT molecular complexity index is 1120. The standard InChI is InChI=1S/C25H30N4O5.ClH/c1-15-12-18(28-22(31)14-17-13-16(25(26)27)6-9-21(17)30)7-8-20(15)29(19-4-2-3-5-19)23(32)10-11-24(33)34;/h6-9,12-13,19,30H,2-5,10-11,14H2,1H3,(H3,26,27)(H,28,31)(H,33,34);1H. The van der Waals surface area contributed by atoms with Crippen LogP contribution in [0.15, 0.2) is 36.4 Å². The molecule has 0 bridgehead atoms. The highest BCUT2D eigenvalue weighted by Gasteiger charge is 2.29. The van der Waals surface area contributed by atoms with Crippen molar-refractivity contribution >= 4 is 47.4 Å². The molecule has 2 aromatic rings. The van der Waals surface area contributed by atoms with Crippen LogP contribution in [0, 0.1) is 12.3 Å². The zero-order valence-electron chi connectivity index (χ0n) is 19.5. The van der Waals surface area contributed by atoms with Crippen LogP contribution in [-0.4, -0.2) is 39.9 Å². The van der Waals surface area contributed by atoms with Crippen LogP contribution in [0.25, 0.3) is 0 Å². The van der Waals surface area contributed by atoms with Gasteiger partial charge in [-0.3, -0.25) is 19.8 Å². The minimum absolute atomic E-state index is 0. The number of nitrogen functional groups attached to an aromatic ring is 1. The Labute approximate surface area is 210 Å². The molecular formula is C25H31ClN4O5. The number of hydrogen-bond acceptors (Lipinski definition) is 5. The number of phenols is 1. The van der Waals surface area contributed by atoms with E-state index in [1.807, 2.05) is 6.92 Å². The maximum Gasteiger partial charge on any atom is 0.303 e. The van der Waals surface area contributed by atoms with Crippen LogP contribution < -0.4 is 16.0 Å². The van der Waals surface area contributed by atoms with Gasteiger partial charge in [-0.25, -0.2) is 0 Å². The summed E-state index contributed by atoms with van der Waals surface area (Å²) in [4.78, 5) is 38.2. The molecule has 0 aromatic heterocycles. The van der Waals surface area contributed by atoms with Crippen molar-refractivity contribution < 1.29 is 24.6 Å². The highest BCUT2D eigenvalue weighted by molar-refractivity contribution is 5.98. The number of halogens is 1. The number of carbonyl (C=O) groups is 3. The molecule has 2 aromatic carbocycles. The van der Waals surface area contributed by atoms with Gasteiger partial charge in [0.2, 0.25) is 11.8 Å². The van der Waals surface area contributed by atoms with Crippen LogP contribution in [0.1, 0.15) is 55.2 Å². The van der Waals surface area contributed by atoms with E-state index in [4.69, 9.17) is 16.2 Å². The van der Waals surface area contributed by atoms with Gasteiger partial charge in [-0.1, -0.05) is 12.8 Å². The maximum absolute atomic E-state index is 12.9. The summed E-state index contributed by atoms with van der Waals surface area (Å²) in [7, 11) is 0. The molecular weight excluding hydrogens is 472 g/mol. The highest BCUT2D eigenvalue weighted by Crippen LogP contribution is 2.32. The third-order valence-corrected chi connectivity index (χ3v) is 5.99. The largest absolute Gasteiger partial charge is 0.508 e. The van der Waals surface area contributed by atoms with E-state index in [1.54, 1.807) is 23.1 Å². The van der Waals surface area contributed by atoms with E-state index in [0.717, 1.165) is 31.2 Å². The quantitative estimate of drug-likeness (QED) is 0.260. The SMILES string of the molecule is Cc1cc(NC(=O)Cc2cc(C(=N)N)ccc2O)ccc1N(C(=O)CCC(=O)O)C1CCCC1.Cl. The minimum atomic E-state index is -1.01. The topological polar surface area (TPSA) is 157 Å². The Morgan fingerprint density at radius 3 is 2.40 bits per heavy atom. The summed E-state index contributed by atoms with van der Waals surface area (Å²) in [5, 5.41) is 29.3. The van der Waals surface area contributed by atoms with Crippen molar-refractivity contribution in [3.8, 4) is 5.75 Å².